The molecule has 0 heterocycles. The number of nitrogens with two attached hydrogens (primary N) is 1. The van der Waals surface area contributed by atoms with Crippen LogP contribution in [0.5, 0.6) is 0 Å². The molecule has 0 aromatic heterocycles. The Morgan fingerprint density at radius 2 is 1.89 bits per heavy atom. The lowest BCUT2D eigenvalue weighted by Gasteiger charge is -2.07. The van der Waals surface area contributed by atoms with Gasteiger partial charge < -0.3 is 15.3 Å². The zero-order chi connectivity index (χ0) is 13.8. The Kier molecular flexibility index (Phi) is 10.2. The van der Waals surface area contributed by atoms with Crippen LogP contribution in [0.2, 0.25) is 0 Å². The molecule has 0 rings (SSSR count). The predicted molar refractivity (Wildman–Crippen MR) is 71.0 cm³/mol. The Morgan fingerprint density at radius 1 is 1.22 bits per heavy atom. The van der Waals surface area contributed by atoms with Gasteiger partial charge in [0.05, 0.1) is 6.04 Å². The Bertz CT molecular complexity index is 294. The van der Waals surface area contributed by atoms with E-state index in [-0.39, 0.29) is 11.6 Å². The second kappa shape index (κ2) is 10.9. The smallest absolute Gasteiger partial charge is 0.150 e. The number of carbonyl (C=O) groups is 2. The molecule has 4 nitrogen and oxygen atoms in total. The van der Waals surface area contributed by atoms with Gasteiger partial charge in [0.15, 0.2) is 5.78 Å². The van der Waals surface area contributed by atoms with Crippen LogP contribution in [0.1, 0.15) is 45.4 Å². The van der Waals surface area contributed by atoms with Gasteiger partial charge in [0.25, 0.3) is 0 Å². The molecule has 0 aromatic rings. The molecular formula is C14H23NO3. The van der Waals surface area contributed by atoms with Gasteiger partial charge in [0.1, 0.15) is 5.78 Å². The summed E-state index contributed by atoms with van der Waals surface area (Å²) in [7, 11) is 0. The van der Waals surface area contributed by atoms with Crippen molar-refractivity contribution in [1.29, 1.82) is 0 Å². The number of hydrogen-bond donors (Lipinski definition) is 1. The zero-order valence-corrected chi connectivity index (χ0v) is 11.1. The zero-order valence-electron chi connectivity index (χ0n) is 11.1. The quantitative estimate of drug-likeness (QED) is 0.447. The number of rotatable bonds is 11. The summed E-state index contributed by atoms with van der Waals surface area (Å²) in [6.07, 6.45) is 8.82. The van der Waals surface area contributed by atoms with Crippen LogP contribution in [-0.4, -0.2) is 30.8 Å². The number of Topliss-reactive ketones (excluding diaryl/α,β-unsaturated/α-hetero) is 2. The van der Waals surface area contributed by atoms with Crippen LogP contribution in [0.3, 0.4) is 0 Å². The van der Waals surface area contributed by atoms with E-state index in [0.717, 1.165) is 12.8 Å². The fourth-order valence-electron chi connectivity index (χ4n) is 1.45. The summed E-state index contributed by atoms with van der Waals surface area (Å²) in [6, 6.07) is -0.537. The number of carbonyl (C=O) groups excluding carboxylic acids is 2. The van der Waals surface area contributed by atoms with E-state index in [1.165, 1.54) is 0 Å². The number of terminal acetylenes is 1. The molecule has 18 heavy (non-hydrogen) atoms. The summed E-state index contributed by atoms with van der Waals surface area (Å²) in [6.45, 7) is 2.78. The highest BCUT2D eigenvalue weighted by atomic mass is 16.5. The first kappa shape index (κ1) is 16.8. The molecule has 0 bridgehead atoms. The van der Waals surface area contributed by atoms with Crippen LogP contribution in [0.4, 0.5) is 0 Å². The van der Waals surface area contributed by atoms with Gasteiger partial charge in [-0.3, -0.25) is 4.79 Å². The van der Waals surface area contributed by atoms with Crippen LogP contribution >= 0.6 is 0 Å². The highest BCUT2D eigenvalue weighted by Gasteiger charge is 2.11. The Hall–Kier alpha value is -1.18. The van der Waals surface area contributed by atoms with E-state index in [1.807, 2.05) is 0 Å². The van der Waals surface area contributed by atoms with Crippen LogP contribution in [0.15, 0.2) is 0 Å². The molecule has 2 N–H and O–H groups in total. The number of ether oxygens (including phenoxy) is 1. The maximum atomic E-state index is 11.4. The fourth-order valence-corrected chi connectivity index (χ4v) is 1.45. The van der Waals surface area contributed by atoms with Crippen LogP contribution < -0.4 is 5.73 Å². The minimum absolute atomic E-state index is 0.00636. The minimum atomic E-state index is -0.537. The summed E-state index contributed by atoms with van der Waals surface area (Å²) in [5, 5.41) is 0. The van der Waals surface area contributed by atoms with E-state index < -0.39 is 6.04 Å². The molecule has 1 atom stereocenters. The standard InChI is InChI=1S/C14H23NO3/c1-3-7-13(15)14(17)9-6-11-18-10-5-4-8-12(2)16/h1,13H,4-11,15H2,2H3. The van der Waals surface area contributed by atoms with E-state index in [1.54, 1.807) is 6.92 Å². The van der Waals surface area contributed by atoms with Gasteiger partial charge in [-0.1, -0.05) is 0 Å². The molecule has 0 saturated heterocycles. The summed E-state index contributed by atoms with van der Waals surface area (Å²) in [5.41, 5.74) is 5.57. The maximum absolute atomic E-state index is 11.4. The molecule has 4 heteroatoms. The van der Waals surface area contributed by atoms with Crippen molar-refractivity contribution in [1.82, 2.24) is 0 Å². The van der Waals surface area contributed by atoms with Crippen molar-refractivity contribution in [2.45, 2.75) is 51.5 Å². The Balaban J connectivity index is 3.33. The molecular weight excluding hydrogens is 230 g/mol. The third-order valence-corrected chi connectivity index (χ3v) is 2.53. The average molecular weight is 253 g/mol. The van der Waals surface area contributed by atoms with Gasteiger partial charge >= 0.3 is 0 Å². The Morgan fingerprint density at radius 3 is 2.50 bits per heavy atom. The van der Waals surface area contributed by atoms with Crippen molar-refractivity contribution in [3.63, 3.8) is 0 Å². The topological polar surface area (TPSA) is 69.4 Å². The molecule has 0 spiro atoms. The average Bonchev–Trinajstić information content (AvgIpc) is 2.32. The summed E-state index contributed by atoms with van der Waals surface area (Å²) in [4.78, 5) is 22.1. The summed E-state index contributed by atoms with van der Waals surface area (Å²) < 4.78 is 5.36. The molecule has 0 aromatic carbocycles. The number of hydrogen-bond acceptors (Lipinski definition) is 4. The second-order valence-electron chi connectivity index (χ2n) is 4.36. The highest BCUT2D eigenvalue weighted by molar-refractivity contribution is 5.83. The molecule has 0 fully saturated rings. The SMILES string of the molecule is C#CCC(N)C(=O)CCCOCCCCC(C)=O. The maximum Gasteiger partial charge on any atom is 0.150 e. The lowest BCUT2D eigenvalue weighted by molar-refractivity contribution is -0.120. The molecule has 0 aliphatic carbocycles. The Labute approximate surface area is 109 Å². The normalized spacial score (nSPS) is 11.8. The molecule has 1 unspecified atom stereocenters. The lowest BCUT2D eigenvalue weighted by Crippen LogP contribution is -2.29. The van der Waals surface area contributed by atoms with E-state index in [0.29, 0.717) is 38.9 Å². The summed E-state index contributed by atoms with van der Waals surface area (Å²) >= 11 is 0. The lowest BCUT2D eigenvalue weighted by atomic mass is 10.1. The first-order valence-corrected chi connectivity index (χ1v) is 6.37. The third-order valence-electron chi connectivity index (χ3n) is 2.53. The van der Waals surface area contributed by atoms with Crippen LogP contribution in [0, 0.1) is 12.3 Å². The van der Waals surface area contributed by atoms with Gasteiger partial charge in [-0.15, -0.1) is 12.3 Å². The van der Waals surface area contributed by atoms with Gasteiger partial charge in [-0.25, -0.2) is 0 Å². The van der Waals surface area contributed by atoms with Crippen molar-refractivity contribution in [3.05, 3.63) is 0 Å². The molecule has 0 aliphatic rings. The van der Waals surface area contributed by atoms with Crippen LogP contribution in [-0.2, 0) is 14.3 Å². The van der Waals surface area contributed by atoms with Crippen molar-refractivity contribution >= 4 is 11.6 Å². The summed E-state index contributed by atoms with van der Waals surface area (Å²) in [5.74, 6) is 2.58. The van der Waals surface area contributed by atoms with Crippen molar-refractivity contribution in [3.8, 4) is 12.3 Å². The fraction of sp³-hybridized carbons (Fsp3) is 0.714. The molecule has 0 aliphatic heterocycles. The molecule has 0 radical (unpaired) electrons. The van der Waals surface area contributed by atoms with E-state index in [4.69, 9.17) is 16.9 Å². The van der Waals surface area contributed by atoms with E-state index >= 15 is 0 Å². The largest absolute Gasteiger partial charge is 0.381 e. The third kappa shape index (κ3) is 10.0. The van der Waals surface area contributed by atoms with Gasteiger partial charge in [0, 0.05) is 32.5 Å². The monoisotopic (exact) mass is 253 g/mol. The minimum Gasteiger partial charge on any atom is -0.381 e. The van der Waals surface area contributed by atoms with Gasteiger partial charge in [-0.05, 0) is 26.2 Å². The van der Waals surface area contributed by atoms with Crippen molar-refractivity contribution in [2.24, 2.45) is 5.73 Å². The highest BCUT2D eigenvalue weighted by Crippen LogP contribution is 2.00. The van der Waals surface area contributed by atoms with Crippen LogP contribution in [0.25, 0.3) is 0 Å². The van der Waals surface area contributed by atoms with Crippen molar-refractivity contribution in [2.75, 3.05) is 13.2 Å². The van der Waals surface area contributed by atoms with E-state index in [9.17, 15) is 9.59 Å². The van der Waals surface area contributed by atoms with Gasteiger partial charge in [-0.2, -0.15) is 0 Å². The first-order chi connectivity index (χ1) is 8.57. The van der Waals surface area contributed by atoms with Gasteiger partial charge in [0.2, 0.25) is 0 Å². The van der Waals surface area contributed by atoms with Crippen molar-refractivity contribution < 1.29 is 14.3 Å². The predicted octanol–water partition coefficient (Wildman–Crippen LogP) is 1.46. The molecule has 0 amide bonds. The molecule has 102 valence electrons. The first-order valence-electron chi connectivity index (χ1n) is 6.37. The second-order valence-corrected chi connectivity index (χ2v) is 4.36. The number of ketones is 2. The molecule has 0 saturated carbocycles. The number of unbranched alkanes of at least 4 members (excludes halogenated alkanes) is 1. The van der Waals surface area contributed by atoms with E-state index in [2.05, 4.69) is 5.92 Å².